The number of rotatable bonds is 53. The molecule has 0 aromatic heterocycles. The molecule has 0 aromatic rings. The highest BCUT2D eigenvalue weighted by Crippen LogP contribution is 2.13. The predicted molar refractivity (Wildman–Crippen MR) is 329 cm³/mol. The van der Waals surface area contributed by atoms with Crippen LogP contribution in [0.25, 0.3) is 0 Å². The van der Waals surface area contributed by atoms with Gasteiger partial charge in [0.25, 0.3) is 0 Å². The summed E-state index contributed by atoms with van der Waals surface area (Å²) in [5, 5.41) is 0. The summed E-state index contributed by atoms with van der Waals surface area (Å²) in [6.45, 7) is 6.30. The lowest BCUT2D eigenvalue weighted by Gasteiger charge is -2.18. The Balaban J connectivity index is 4.38. The molecule has 0 fully saturated rings. The minimum absolute atomic E-state index is 0.103. The molecule has 0 saturated heterocycles. The third-order valence-corrected chi connectivity index (χ3v) is 12.2. The van der Waals surface area contributed by atoms with Gasteiger partial charge in [0.05, 0.1) is 0 Å². The molecular weight excluding hydrogens is 937 g/mol. The number of carbonyl (C=O) groups is 3. The lowest BCUT2D eigenvalue weighted by molar-refractivity contribution is -0.167. The molecule has 426 valence electrons. The minimum atomic E-state index is -0.808. The van der Waals surface area contributed by atoms with E-state index in [0.29, 0.717) is 19.3 Å². The molecule has 76 heavy (non-hydrogen) atoms. The Hall–Kier alpha value is -4.97. The van der Waals surface area contributed by atoms with Gasteiger partial charge < -0.3 is 14.2 Å². The van der Waals surface area contributed by atoms with Crippen LogP contribution in [0.1, 0.15) is 245 Å². The van der Waals surface area contributed by atoms with E-state index in [2.05, 4.69) is 179 Å². The third kappa shape index (κ3) is 59.9. The summed E-state index contributed by atoms with van der Waals surface area (Å²) in [6, 6.07) is 0. The summed E-state index contributed by atoms with van der Waals surface area (Å²) >= 11 is 0. The van der Waals surface area contributed by atoms with E-state index in [1.54, 1.807) is 0 Å². The van der Waals surface area contributed by atoms with Gasteiger partial charge in [0.15, 0.2) is 6.10 Å². The summed E-state index contributed by atoms with van der Waals surface area (Å²) < 4.78 is 16.8. The van der Waals surface area contributed by atoms with Crippen LogP contribution in [-0.2, 0) is 28.6 Å². The van der Waals surface area contributed by atoms with E-state index >= 15 is 0 Å². The van der Waals surface area contributed by atoms with Gasteiger partial charge in [-0.3, -0.25) is 14.4 Å². The molecule has 0 rings (SSSR count). The second kappa shape index (κ2) is 62.6. The molecule has 0 aliphatic carbocycles. The minimum Gasteiger partial charge on any atom is -0.462 e. The van der Waals surface area contributed by atoms with E-state index in [0.717, 1.165) is 180 Å². The Kier molecular flexibility index (Phi) is 58.5. The highest BCUT2D eigenvalue weighted by molar-refractivity contribution is 5.71. The van der Waals surface area contributed by atoms with Crippen molar-refractivity contribution in [3.63, 3.8) is 0 Å². The van der Waals surface area contributed by atoms with E-state index in [1.165, 1.54) is 25.7 Å². The van der Waals surface area contributed by atoms with Gasteiger partial charge in [-0.05, 0) is 141 Å². The molecule has 0 saturated carbocycles. The monoisotopic (exact) mass is 1050 g/mol. The van der Waals surface area contributed by atoms with Gasteiger partial charge in [0, 0.05) is 19.3 Å². The van der Waals surface area contributed by atoms with Crippen molar-refractivity contribution in [3.05, 3.63) is 158 Å². The molecule has 0 radical (unpaired) electrons. The zero-order chi connectivity index (χ0) is 55.0. The van der Waals surface area contributed by atoms with Crippen molar-refractivity contribution in [2.24, 2.45) is 0 Å². The van der Waals surface area contributed by atoms with Gasteiger partial charge in [0.2, 0.25) is 0 Å². The van der Waals surface area contributed by atoms with Crippen molar-refractivity contribution in [1.29, 1.82) is 0 Å². The lowest BCUT2D eigenvalue weighted by atomic mass is 10.1. The number of carbonyl (C=O) groups excluding carboxylic acids is 3. The maximum atomic E-state index is 12.9. The molecule has 1 unspecified atom stereocenters. The number of ether oxygens (including phenoxy) is 3. The van der Waals surface area contributed by atoms with Crippen molar-refractivity contribution in [1.82, 2.24) is 0 Å². The number of unbranched alkanes of at least 4 members (excludes halogenated alkanes) is 16. The van der Waals surface area contributed by atoms with Crippen LogP contribution in [0.2, 0.25) is 0 Å². The second-order valence-corrected chi connectivity index (χ2v) is 19.5. The smallest absolute Gasteiger partial charge is 0.306 e. The Morgan fingerprint density at radius 2 is 0.513 bits per heavy atom. The first kappa shape index (κ1) is 71.0. The van der Waals surface area contributed by atoms with E-state index in [4.69, 9.17) is 14.2 Å². The molecule has 6 heteroatoms. The van der Waals surface area contributed by atoms with Crippen LogP contribution in [0.3, 0.4) is 0 Å². The van der Waals surface area contributed by atoms with Crippen molar-refractivity contribution in [2.75, 3.05) is 13.2 Å². The maximum absolute atomic E-state index is 12.9. The third-order valence-electron chi connectivity index (χ3n) is 12.2. The summed E-state index contributed by atoms with van der Waals surface area (Å²) in [5.74, 6) is -0.960. The molecular formula is C70H110O6. The van der Waals surface area contributed by atoms with E-state index in [9.17, 15) is 14.4 Å². The number of hydrogen-bond acceptors (Lipinski definition) is 6. The average Bonchev–Trinajstić information content (AvgIpc) is 3.42. The van der Waals surface area contributed by atoms with E-state index in [1.807, 2.05) is 0 Å². The molecule has 1 atom stereocenters. The molecule has 0 aliphatic heterocycles. The molecule has 0 heterocycles. The van der Waals surface area contributed by atoms with Gasteiger partial charge in [-0.15, -0.1) is 0 Å². The van der Waals surface area contributed by atoms with Gasteiger partial charge >= 0.3 is 17.9 Å². The quantitative estimate of drug-likeness (QED) is 0.0261. The Morgan fingerprint density at radius 3 is 0.816 bits per heavy atom. The van der Waals surface area contributed by atoms with Crippen LogP contribution in [0.15, 0.2) is 158 Å². The zero-order valence-corrected chi connectivity index (χ0v) is 48.7. The lowest BCUT2D eigenvalue weighted by Crippen LogP contribution is -2.30. The van der Waals surface area contributed by atoms with E-state index in [-0.39, 0.29) is 31.1 Å². The molecule has 0 aliphatic rings. The number of hydrogen-bond donors (Lipinski definition) is 0. The molecule has 0 aromatic carbocycles. The highest BCUT2D eigenvalue weighted by atomic mass is 16.6. The maximum Gasteiger partial charge on any atom is 0.306 e. The standard InChI is InChI=1S/C70H110O6/c1-4-7-10-13-16-19-22-24-26-28-30-31-32-33-34-35-36-37-38-39-41-42-44-46-48-51-54-57-60-63-69(72)75-66-67(65-74-68(71)62-59-56-53-50-21-18-15-12-9-6-3)76-70(73)64-61-58-55-52-49-47-45-43-40-29-27-25-23-20-17-14-11-8-5-2/h7-8,10-12,15-17,19-20,24-27,30-31,33-34,36-37,39-41,43-44,46,67H,4-6,9,13-14,18,21-23,28-29,32,35,38,42,45,47-66H2,1-3H3/b10-7-,11-8-,15-12-,19-16-,20-17-,26-24-,27-25-,31-30-,34-33-,37-36-,41-39-,43-40-,46-44-. The second-order valence-electron chi connectivity index (χ2n) is 19.5. The first-order chi connectivity index (χ1) is 37.5. The predicted octanol–water partition coefficient (Wildman–Crippen LogP) is 20.9. The van der Waals surface area contributed by atoms with Gasteiger partial charge in [-0.2, -0.15) is 0 Å². The SMILES string of the molecule is CC/C=C\C/C=C\C/C=C\C/C=C\C/C=C\C/C=C\C/C=C\C/C=C\CCCCCCC(=O)OCC(COC(=O)CCCCCCC/C=C\CCC)OC(=O)CCCCCCCC/C=C\C/C=C\C/C=C\C/C=C\CC. The fourth-order valence-corrected chi connectivity index (χ4v) is 7.74. The van der Waals surface area contributed by atoms with Crippen LogP contribution in [-0.4, -0.2) is 37.2 Å². The first-order valence-electron chi connectivity index (χ1n) is 30.5. The van der Waals surface area contributed by atoms with Gasteiger partial charge in [-0.25, -0.2) is 0 Å². The van der Waals surface area contributed by atoms with Crippen LogP contribution < -0.4 is 0 Å². The first-order valence-corrected chi connectivity index (χ1v) is 30.5. The average molecular weight is 1050 g/mol. The summed E-state index contributed by atoms with van der Waals surface area (Å²) in [4.78, 5) is 38.2. The summed E-state index contributed by atoms with van der Waals surface area (Å²) in [6.07, 6.45) is 91.0. The largest absolute Gasteiger partial charge is 0.462 e. The van der Waals surface area contributed by atoms with Crippen molar-refractivity contribution in [2.45, 2.75) is 252 Å². The van der Waals surface area contributed by atoms with Gasteiger partial charge in [-0.1, -0.05) is 243 Å². The van der Waals surface area contributed by atoms with Crippen LogP contribution in [0.5, 0.6) is 0 Å². The van der Waals surface area contributed by atoms with Crippen molar-refractivity contribution in [3.8, 4) is 0 Å². The summed E-state index contributed by atoms with van der Waals surface area (Å²) in [7, 11) is 0. The topological polar surface area (TPSA) is 78.9 Å². The number of esters is 3. The Labute approximate surface area is 467 Å². The van der Waals surface area contributed by atoms with E-state index < -0.39 is 6.10 Å². The molecule has 0 bridgehead atoms. The van der Waals surface area contributed by atoms with Crippen LogP contribution in [0.4, 0.5) is 0 Å². The Bertz CT molecular complexity index is 1720. The molecule has 6 nitrogen and oxygen atoms in total. The van der Waals surface area contributed by atoms with Gasteiger partial charge in [0.1, 0.15) is 13.2 Å². The van der Waals surface area contributed by atoms with Crippen molar-refractivity contribution >= 4 is 17.9 Å². The van der Waals surface area contributed by atoms with Crippen LogP contribution in [0, 0.1) is 0 Å². The molecule has 0 amide bonds. The molecule has 0 spiro atoms. The fraction of sp³-hybridized carbons (Fsp3) is 0.586. The van der Waals surface area contributed by atoms with Crippen LogP contribution >= 0.6 is 0 Å². The van der Waals surface area contributed by atoms with Crippen molar-refractivity contribution < 1.29 is 28.6 Å². The zero-order valence-electron chi connectivity index (χ0n) is 48.7. The highest BCUT2D eigenvalue weighted by Gasteiger charge is 2.19. The Morgan fingerprint density at radius 1 is 0.276 bits per heavy atom. The number of allylic oxidation sites excluding steroid dienone is 26. The fourth-order valence-electron chi connectivity index (χ4n) is 7.74. The normalized spacial score (nSPS) is 13.2. The summed E-state index contributed by atoms with van der Waals surface area (Å²) in [5.41, 5.74) is 0. The molecule has 0 N–H and O–H groups in total.